The van der Waals surface area contributed by atoms with Gasteiger partial charge >= 0.3 is 6.09 Å². The molecule has 0 fully saturated rings. The molecule has 0 aliphatic heterocycles. The standard InChI is InChI=1S/C19H24N4O4/c1-13(20-18(26)27-19(2,3)4)16(24)22-23-12-8-11-15(23)17(25)21-14-9-6-5-7-10-14/h5-13H,1-4H3,(H,20,26)(H,21,25)(H,22,24)/t13-/m0/s1. The number of rotatable bonds is 5. The van der Waals surface area contributed by atoms with Gasteiger partial charge in [-0.15, -0.1) is 0 Å². The van der Waals surface area contributed by atoms with Gasteiger partial charge in [-0.05, 0) is 52.0 Å². The molecule has 0 unspecified atom stereocenters. The molecular weight excluding hydrogens is 348 g/mol. The van der Waals surface area contributed by atoms with Gasteiger partial charge in [-0.1, -0.05) is 18.2 Å². The average molecular weight is 372 g/mol. The first-order valence-corrected chi connectivity index (χ1v) is 8.50. The molecule has 1 heterocycles. The number of nitrogens with zero attached hydrogens (tertiary/aromatic N) is 1. The van der Waals surface area contributed by atoms with E-state index in [1.165, 1.54) is 17.8 Å². The first-order valence-electron chi connectivity index (χ1n) is 8.50. The van der Waals surface area contributed by atoms with Crippen LogP contribution in [0.3, 0.4) is 0 Å². The summed E-state index contributed by atoms with van der Waals surface area (Å²) in [7, 11) is 0. The van der Waals surface area contributed by atoms with Crippen LogP contribution in [-0.4, -0.2) is 34.2 Å². The number of anilines is 1. The minimum Gasteiger partial charge on any atom is -0.444 e. The van der Waals surface area contributed by atoms with Gasteiger partial charge in [0.15, 0.2) is 0 Å². The van der Waals surface area contributed by atoms with Crippen molar-refractivity contribution in [1.29, 1.82) is 0 Å². The van der Waals surface area contributed by atoms with E-state index < -0.39 is 23.6 Å². The lowest BCUT2D eigenvalue weighted by atomic mass is 10.2. The molecule has 0 saturated carbocycles. The highest BCUT2D eigenvalue weighted by atomic mass is 16.6. The summed E-state index contributed by atoms with van der Waals surface area (Å²) in [6.45, 7) is 6.71. The van der Waals surface area contributed by atoms with Crippen molar-refractivity contribution in [1.82, 2.24) is 9.99 Å². The number of carbonyl (C=O) groups is 3. The van der Waals surface area contributed by atoms with Crippen LogP contribution in [0.25, 0.3) is 0 Å². The fraction of sp³-hybridized carbons (Fsp3) is 0.316. The van der Waals surface area contributed by atoms with Gasteiger partial charge in [0.05, 0.1) is 0 Å². The van der Waals surface area contributed by atoms with Gasteiger partial charge in [0.25, 0.3) is 11.8 Å². The summed E-state index contributed by atoms with van der Waals surface area (Å²) in [6, 6.07) is 11.3. The summed E-state index contributed by atoms with van der Waals surface area (Å²) in [5, 5.41) is 5.19. The van der Waals surface area contributed by atoms with Crippen molar-refractivity contribution in [2.75, 3.05) is 10.7 Å². The Balaban J connectivity index is 1.97. The number of carbonyl (C=O) groups excluding carboxylic acids is 3. The Morgan fingerprint density at radius 1 is 1.04 bits per heavy atom. The number of hydrogen-bond donors (Lipinski definition) is 3. The summed E-state index contributed by atoms with van der Waals surface area (Å²) >= 11 is 0. The summed E-state index contributed by atoms with van der Waals surface area (Å²) < 4.78 is 6.42. The number of ether oxygens (including phenoxy) is 1. The summed E-state index contributed by atoms with van der Waals surface area (Å²) in [6.07, 6.45) is 0.845. The molecule has 2 rings (SSSR count). The maximum Gasteiger partial charge on any atom is 0.408 e. The van der Waals surface area contributed by atoms with Crippen LogP contribution in [0.1, 0.15) is 38.2 Å². The predicted molar refractivity (Wildman–Crippen MR) is 102 cm³/mol. The van der Waals surface area contributed by atoms with E-state index in [1.807, 2.05) is 6.07 Å². The fourth-order valence-corrected chi connectivity index (χ4v) is 2.15. The number of nitrogens with one attached hydrogen (secondary N) is 3. The lowest BCUT2D eigenvalue weighted by molar-refractivity contribution is -0.118. The van der Waals surface area contributed by atoms with E-state index in [0.29, 0.717) is 5.69 Å². The van der Waals surface area contributed by atoms with Crippen molar-refractivity contribution in [3.8, 4) is 0 Å². The topological polar surface area (TPSA) is 101 Å². The van der Waals surface area contributed by atoms with Gasteiger partial charge in [0.1, 0.15) is 17.3 Å². The fourth-order valence-electron chi connectivity index (χ4n) is 2.15. The van der Waals surface area contributed by atoms with Crippen molar-refractivity contribution < 1.29 is 19.1 Å². The molecule has 3 N–H and O–H groups in total. The molecule has 0 saturated heterocycles. The number of benzene rings is 1. The van der Waals surface area contributed by atoms with Crippen LogP contribution in [0.4, 0.5) is 10.5 Å². The van der Waals surface area contributed by atoms with Crippen LogP contribution >= 0.6 is 0 Å². The lowest BCUT2D eigenvalue weighted by Crippen LogP contribution is -2.46. The molecule has 144 valence electrons. The van der Waals surface area contributed by atoms with E-state index in [0.717, 1.165) is 0 Å². The molecule has 8 nitrogen and oxygen atoms in total. The molecular formula is C19H24N4O4. The second-order valence-electron chi connectivity index (χ2n) is 6.93. The molecule has 3 amide bonds. The monoisotopic (exact) mass is 372 g/mol. The number of amides is 3. The normalized spacial score (nSPS) is 12.0. The van der Waals surface area contributed by atoms with Crippen LogP contribution in [0.2, 0.25) is 0 Å². The van der Waals surface area contributed by atoms with Crippen LogP contribution in [0, 0.1) is 0 Å². The molecule has 2 aromatic rings. The van der Waals surface area contributed by atoms with Crippen molar-refractivity contribution in [3.63, 3.8) is 0 Å². The highest BCUT2D eigenvalue weighted by molar-refractivity contribution is 6.04. The number of hydrogen-bond acceptors (Lipinski definition) is 4. The number of alkyl carbamates (subject to hydrolysis) is 1. The Labute approximate surface area is 157 Å². The van der Waals surface area contributed by atoms with Gasteiger partial charge < -0.3 is 15.4 Å². The van der Waals surface area contributed by atoms with E-state index in [9.17, 15) is 14.4 Å². The van der Waals surface area contributed by atoms with Crippen molar-refractivity contribution in [2.45, 2.75) is 39.3 Å². The molecule has 0 aliphatic carbocycles. The highest BCUT2D eigenvalue weighted by Gasteiger charge is 2.22. The van der Waals surface area contributed by atoms with Gasteiger partial charge in [0.2, 0.25) is 0 Å². The summed E-state index contributed by atoms with van der Waals surface area (Å²) in [5.74, 6) is -0.870. The van der Waals surface area contributed by atoms with Gasteiger partial charge in [-0.2, -0.15) is 0 Å². The van der Waals surface area contributed by atoms with E-state index in [4.69, 9.17) is 4.74 Å². The second-order valence-corrected chi connectivity index (χ2v) is 6.93. The molecule has 1 atom stereocenters. The molecule has 0 bridgehead atoms. The SMILES string of the molecule is C[C@H](NC(=O)OC(C)(C)C)C(=O)Nn1cccc1C(=O)Nc1ccccc1. The third-order valence-electron chi connectivity index (χ3n) is 3.37. The van der Waals surface area contributed by atoms with E-state index in [2.05, 4.69) is 16.1 Å². The van der Waals surface area contributed by atoms with Crippen molar-refractivity contribution in [3.05, 3.63) is 54.4 Å². The van der Waals surface area contributed by atoms with Crippen molar-refractivity contribution in [2.24, 2.45) is 0 Å². The van der Waals surface area contributed by atoms with E-state index >= 15 is 0 Å². The van der Waals surface area contributed by atoms with Crippen LogP contribution in [0.5, 0.6) is 0 Å². The second kappa shape index (κ2) is 8.39. The Bertz CT molecular complexity index is 809. The number of para-hydroxylation sites is 1. The van der Waals surface area contributed by atoms with E-state index in [1.54, 1.807) is 57.2 Å². The zero-order valence-electron chi connectivity index (χ0n) is 15.8. The average Bonchev–Trinajstić information content (AvgIpc) is 3.02. The smallest absolute Gasteiger partial charge is 0.408 e. The Morgan fingerprint density at radius 3 is 2.33 bits per heavy atom. The van der Waals surface area contributed by atoms with E-state index in [-0.39, 0.29) is 11.6 Å². The van der Waals surface area contributed by atoms with Crippen LogP contribution < -0.4 is 16.1 Å². The van der Waals surface area contributed by atoms with Gasteiger partial charge in [-0.3, -0.25) is 19.7 Å². The molecule has 27 heavy (non-hydrogen) atoms. The largest absolute Gasteiger partial charge is 0.444 e. The Kier molecular flexibility index (Phi) is 6.23. The molecule has 8 heteroatoms. The maximum absolute atomic E-state index is 12.4. The highest BCUT2D eigenvalue weighted by Crippen LogP contribution is 2.09. The third kappa shape index (κ3) is 6.18. The molecule has 1 aromatic carbocycles. The van der Waals surface area contributed by atoms with Gasteiger partial charge in [-0.25, -0.2) is 4.79 Å². The summed E-state index contributed by atoms with van der Waals surface area (Å²) in [4.78, 5) is 36.5. The molecule has 0 aliphatic rings. The Hall–Kier alpha value is -3.29. The first-order chi connectivity index (χ1) is 12.7. The minimum absolute atomic E-state index is 0.247. The van der Waals surface area contributed by atoms with Crippen LogP contribution in [0.15, 0.2) is 48.7 Å². The van der Waals surface area contributed by atoms with Crippen molar-refractivity contribution >= 4 is 23.6 Å². The summed E-state index contributed by atoms with van der Waals surface area (Å²) in [5.41, 5.74) is 2.80. The van der Waals surface area contributed by atoms with Crippen LogP contribution in [-0.2, 0) is 9.53 Å². The Morgan fingerprint density at radius 2 is 1.70 bits per heavy atom. The molecule has 0 spiro atoms. The zero-order chi connectivity index (χ0) is 20.0. The first kappa shape index (κ1) is 20.0. The maximum atomic E-state index is 12.4. The third-order valence-corrected chi connectivity index (χ3v) is 3.37. The molecule has 1 aromatic heterocycles. The number of aromatic nitrogens is 1. The molecule has 0 radical (unpaired) electrons. The van der Waals surface area contributed by atoms with Gasteiger partial charge in [0, 0.05) is 11.9 Å². The predicted octanol–water partition coefficient (Wildman–Crippen LogP) is 2.72. The zero-order valence-corrected chi connectivity index (χ0v) is 15.8. The quantitative estimate of drug-likeness (QED) is 0.751. The lowest BCUT2D eigenvalue weighted by Gasteiger charge is -2.22. The minimum atomic E-state index is -0.854.